The van der Waals surface area contributed by atoms with Crippen LogP contribution in [0.3, 0.4) is 0 Å². The van der Waals surface area contributed by atoms with Crippen LogP contribution in [-0.2, 0) is 11.8 Å². The second kappa shape index (κ2) is 10.7. The number of thioether (sulfide) groups is 1. The maximum atomic E-state index is 12.3. The highest BCUT2D eigenvalue weighted by Gasteiger charge is 2.11. The smallest absolute Gasteiger partial charge is 0.251 e. The third-order valence-electron chi connectivity index (χ3n) is 5.20. The van der Waals surface area contributed by atoms with Crippen LogP contribution in [0, 0.1) is 6.92 Å². The van der Waals surface area contributed by atoms with E-state index in [-0.39, 0.29) is 17.2 Å². The lowest BCUT2D eigenvalue weighted by Crippen LogP contribution is -2.30. The summed E-state index contributed by atoms with van der Waals surface area (Å²) in [5.41, 5.74) is 3.15. The summed E-state index contributed by atoms with van der Waals surface area (Å²) < 4.78 is 1.59. The molecule has 7 heteroatoms. The monoisotopic (exact) mass is 457 g/mol. The van der Waals surface area contributed by atoms with Crippen molar-refractivity contribution in [3.8, 4) is 0 Å². The van der Waals surface area contributed by atoms with Gasteiger partial charge in [0.1, 0.15) is 0 Å². The second-order valence-corrected chi connectivity index (χ2v) is 8.93. The number of aromatic nitrogens is 1. The van der Waals surface area contributed by atoms with Gasteiger partial charge in [-0.2, -0.15) is 0 Å². The highest BCUT2D eigenvalue weighted by molar-refractivity contribution is 8.00. The third-order valence-corrected chi connectivity index (χ3v) is 6.50. The lowest BCUT2D eigenvalue weighted by atomic mass is 10.2. The average Bonchev–Trinajstić information content (AvgIpc) is 2.75. The topological polar surface area (TPSA) is 54.3 Å². The van der Waals surface area contributed by atoms with Gasteiger partial charge in [-0.25, -0.2) is 0 Å². The summed E-state index contributed by atoms with van der Waals surface area (Å²) in [6, 6.07) is 15.5. The quantitative estimate of drug-likeness (QED) is 0.376. The van der Waals surface area contributed by atoms with Crippen LogP contribution < -0.4 is 15.8 Å². The average molecular weight is 458 g/mol. The number of halogens is 1. The van der Waals surface area contributed by atoms with Gasteiger partial charge in [0.25, 0.3) is 5.56 Å². The number of pyridine rings is 1. The van der Waals surface area contributed by atoms with E-state index in [1.807, 2.05) is 12.1 Å². The zero-order valence-electron chi connectivity index (χ0n) is 18.2. The molecule has 1 N–H and O–H groups in total. The fourth-order valence-corrected chi connectivity index (χ4v) is 4.57. The molecule has 5 nitrogen and oxygen atoms in total. The number of amides is 1. The Morgan fingerprint density at radius 2 is 2.00 bits per heavy atom. The van der Waals surface area contributed by atoms with Gasteiger partial charge in [0.2, 0.25) is 5.91 Å². The number of hydrogen-bond donors (Lipinski definition) is 1. The Kier molecular flexibility index (Phi) is 8.04. The third kappa shape index (κ3) is 6.05. The molecule has 31 heavy (non-hydrogen) atoms. The van der Waals surface area contributed by atoms with Crippen LogP contribution in [-0.4, -0.2) is 35.9 Å². The van der Waals surface area contributed by atoms with E-state index in [9.17, 15) is 9.59 Å². The first kappa shape index (κ1) is 23.2. The summed E-state index contributed by atoms with van der Waals surface area (Å²) in [5.74, 6) is 0.212. The molecule has 0 spiro atoms. The van der Waals surface area contributed by atoms with Crippen molar-refractivity contribution < 1.29 is 4.79 Å². The van der Waals surface area contributed by atoms with E-state index < -0.39 is 0 Å². The number of anilines is 1. The van der Waals surface area contributed by atoms with Crippen LogP contribution in [0.2, 0.25) is 5.02 Å². The lowest BCUT2D eigenvalue weighted by Gasteiger charge is -2.23. The van der Waals surface area contributed by atoms with Crippen molar-refractivity contribution in [1.82, 2.24) is 9.88 Å². The summed E-state index contributed by atoms with van der Waals surface area (Å²) in [4.78, 5) is 27.7. The molecule has 0 saturated heterocycles. The van der Waals surface area contributed by atoms with Crippen LogP contribution in [0.15, 0.2) is 58.2 Å². The van der Waals surface area contributed by atoms with Gasteiger partial charge in [0, 0.05) is 53.7 Å². The Hall–Kier alpha value is -2.44. The van der Waals surface area contributed by atoms with E-state index in [1.165, 1.54) is 23.0 Å². The summed E-state index contributed by atoms with van der Waals surface area (Å²) >= 11 is 7.50. The summed E-state index contributed by atoms with van der Waals surface area (Å²) in [5, 5.41) is 4.47. The molecule has 164 valence electrons. The first-order valence-corrected chi connectivity index (χ1v) is 11.8. The minimum atomic E-state index is -0.103. The number of fused-ring (bicyclic) bond motifs is 1. The van der Waals surface area contributed by atoms with Crippen LogP contribution in [0.5, 0.6) is 0 Å². The van der Waals surface area contributed by atoms with E-state index >= 15 is 0 Å². The lowest BCUT2D eigenvalue weighted by molar-refractivity contribution is -0.118. The van der Waals surface area contributed by atoms with Crippen molar-refractivity contribution in [2.75, 3.05) is 30.3 Å². The first-order chi connectivity index (χ1) is 14.9. The van der Waals surface area contributed by atoms with E-state index in [0.29, 0.717) is 11.6 Å². The minimum absolute atomic E-state index is 0.0422. The van der Waals surface area contributed by atoms with Crippen LogP contribution in [0.25, 0.3) is 10.9 Å². The number of benzene rings is 2. The molecule has 0 aliphatic carbocycles. The molecule has 3 aromatic rings. The fourth-order valence-electron chi connectivity index (χ4n) is 3.51. The van der Waals surface area contributed by atoms with E-state index in [1.54, 1.807) is 23.7 Å². The van der Waals surface area contributed by atoms with Gasteiger partial charge in [-0.3, -0.25) is 9.59 Å². The van der Waals surface area contributed by atoms with Gasteiger partial charge in [-0.15, -0.1) is 11.8 Å². The van der Waals surface area contributed by atoms with E-state index in [4.69, 9.17) is 11.6 Å². The fraction of sp³-hybridized carbons (Fsp3) is 0.333. The largest absolute Gasteiger partial charge is 0.372 e. The van der Waals surface area contributed by atoms with Crippen molar-refractivity contribution in [2.24, 2.45) is 7.05 Å². The van der Waals surface area contributed by atoms with Crippen molar-refractivity contribution >= 4 is 45.9 Å². The molecule has 0 unspecified atom stereocenters. The number of carbonyl (C=O) groups is 1. The maximum absolute atomic E-state index is 12.3. The first-order valence-electron chi connectivity index (χ1n) is 10.4. The number of carbonyl (C=O) groups excluding carboxylic acids is 1. The summed E-state index contributed by atoms with van der Waals surface area (Å²) in [7, 11) is 1.73. The van der Waals surface area contributed by atoms with Gasteiger partial charge in [0.05, 0.1) is 11.3 Å². The molecule has 1 heterocycles. The van der Waals surface area contributed by atoms with Gasteiger partial charge < -0.3 is 14.8 Å². The Labute approximate surface area is 192 Å². The number of nitrogens with zero attached hydrogens (tertiary/aromatic N) is 2. The van der Waals surface area contributed by atoms with Crippen LogP contribution in [0.1, 0.15) is 18.9 Å². The van der Waals surface area contributed by atoms with Crippen LogP contribution in [0.4, 0.5) is 5.69 Å². The zero-order valence-corrected chi connectivity index (χ0v) is 19.7. The predicted molar refractivity (Wildman–Crippen MR) is 132 cm³/mol. The number of hydrogen-bond acceptors (Lipinski definition) is 4. The van der Waals surface area contributed by atoms with E-state index in [2.05, 4.69) is 48.3 Å². The van der Waals surface area contributed by atoms with Crippen molar-refractivity contribution in [1.29, 1.82) is 0 Å². The molecular formula is C24H28ClN3O2S. The molecule has 0 aliphatic rings. The number of nitrogens with one attached hydrogen (secondary N) is 1. The van der Waals surface area contributed by atoms with E-state index in [0.717, 1.165) is 35.3 Å². The van der Waals surface area contributed by atoms with Gasteiger partial charge in [-0.05, 0) is 56.2 Å². The Balaban J connectivity index is 1.52. The predicted octanol–water partition coefficient (Wildman–Crippen LogP) is 4.63. The van der Waals surface area contributed by atoms with Crippen molar-refractivity contribution in [2.45, 2.75) is 25.2 Å². The zero-order chi connectivity index (χ0) is 22.4. The summed E-state index contributed by atoms with van der Waals surface area (Å²) in [6.45, 7) is 6.65. The molecule has 2 aromatic carbocycles. The highest BCUT2D eigenvalue weighted by atomic mass is 35.5. The number of aryl methyl sites for hydroxylation is 2. The molecule has 0 radical (unpaired) electrons. The minimum Gasteiger partial charge on any atom is -0.372 e. The molecule has 0 fully saturated rings. The molecule has 0 atom stereocenters. The maximum Gasteiger partial charge on any atom is 0.251 e. The second-order valence-electron chi connectivity index (χ2n) is 7.48. The molecule has 0 saturated carbocycles. The number of rotatable bonds is 9. The Morgan fingerprint density at radius 3 is 2.74 bits per heavy atom. The van der Waals surface area contributed by atoms with Gasteiger partial charge in [0.15, 0.2) is 0 Å². The SMILES string of the molecule is CCN(CCCNC(=O)CSc1cc(=O)n(C)c2ccc(Cl)cc12)c1cccc(C)c1. The Bertz CT molecular complexity index is 1130. The molecule has 3 rings (SSSR count). The Morgan fingerprint density at radius 1 is 1.19 bits per heavy atom. The highest BCUT2D eigenvalue weighted by Crippen LogP contribution is 2.28. The van der Waals surface area contributed by atoms with Gasteiger partial charge >= 0.3 is 0 Å². The molecular weight excluding hydrogens is 430 g/mol. The van der Waals surface area contributed by atoms with Crippen molar-refractivity contribution in [3.63, 3.8) is 0 Å². The normalized spacial score (nSPS) is 11.0. The molecule has 0 aliphatic heterocycles. The van der Waals surface area contributed by atoms with Crippen LogP contribution >= 0.6 is 23.4 Å². The van der Waals surface area contributed by atoms with Gasteiger partial charge in [-0.1, -0.05) is 23.7 Å². The standard InChI is InChI=1S/C24H28ClN3O2S/c1-4-28(19-8-5-7-17(2)13-19)12-6-11-26-23(29)16-31-22-15-24(30)27(3)21-10-9-18(25)14-20(21)22/h5,7-10,13-15H,4,6,11-12,16H2,1-3H3,(H,26,29). The molecule has 1 amide bonds. The molecule has 1 aromatic heterocycles. The molecule has 0 bridgehead atoms. The summed E-state index contributed by atoms with van der Waals surface area (Å²) in [6.07, 6.45) is 0.864. The van der Waals surface area contributed by atoms with Crippen molar-refractivity contribution in [3.05, 3.63) is 69.5 Å².